The van der Waals surface area contributed by atoms with Crippen molar-refractivity contribution in [1.29, 1.82) is 0 Å². The number of imidazole rings is 1. The molecule has 2 nitrogen and oxygen atoms in total. The number of rotatable bonds is 28. The fourth-order valence-electron chi connectivity index (χ4n) is 6.00. The highest BCUT2D eigenvalue weighted by Gasteiger charge is 2.19. The summed E-state index contributed by atoms with van der Waals surface area (Å²) in [5, 5.41) is 0. The predicted octanol–water partition coefficient (Wildman–Crippen LogP) is 12.7. The number of unbranched alkanes of at least 4 members (excludes halogenated alkanes) is 20. The van der Waals surface area contributed by atoms with Gasteiger partial charge in [-0.25, -0.2) is 4.98 Å². The smallest absolute Gasteiger partial charge is 0.111 e. The van der Waals surface area contributed by atoms with Crippen molar-refractivity contribution < 1.29 is 0 Å². The Balaban J connectivity index is 2.36. The number of hydrogen-bond acceptors (Lipinski definition) is 1. The fraction of sp³-hybridized carbons (Fsp3) is 0.914. The summed E-state index contributed by atoms with van der Waals surface area (Å²) in [7, 11) is 0. The first-order valence-corrected chi connectivity index (χ1v) is 17.3. The minimum Gasteiger partial charge on any atom is -0.332 e. The number of nitrogens with zero attached hydrogens (tertiary/aromatic N) is 2. The van der Waals surface area contributed by atoms with Gasteiger partial charge in [-0.15, -0.1) is 0 Å². The maximum absolute atomic E-state index is 4.95. The van der Waals surface area contributed by atoms with E-state index >= 15 is 0 Å². The largest absolute Gasteiger partial charge is 0.332 e. The van der Waals surface area contributed by atoms with Crippen molar-refractivity contribution in [3.63, 3.8) is 0 Å². The first-order chi connectivity index (χ1) is 18.2. The molecule has 1 aromatic rings. The van der Waals surface area contributed by atoms with E-state index in [0.717, 1.165) is 0 Å². The Morgan fingerprint density at radius 1 is 0.514 bits per heavy atom. The van der Waals surface area contributed by atoms with Crippen LogP contribution in [0.2, 0.25) is 0 Å². The van der Waals surface area contributed by atoms with Gasteiger partial charge in [0.25, 0.3) is 0 Å². The van der Waals surface area contributed by atoms with Gasteiger partial charge >= 0.3 is 0 Å². The Morgan fingerprint density at radius 2 is 0.865 bits per heavy atom. The van der Waals surface area contributed by atoms with E-state index in [1.807, 2.05) is 0 Å². The number of hydrogen-bond donors (Lipinski definition) is 0. The van der Waals surface area contributed by atoms with Gasteiger partial charge in [0.2, 0.25) is 0 Å². The van der Waals surface area contributed by atoms with Gasteiger partial charge in [0.15, 0.2) is 0 Å². The molecule has 0 aliphatic heterocycles. The van der Waals surface area contributed by atoms with Crippen molar-refractivity contribution in [1.82, 2.24) is 9.55 Å². The minimum absolute atomic E-state index is 0.591. The van der Waals surface area contributed by atoms with Gasteiger partial charge in [-0.2, -0.15) is 0 Å². The molecular weight excluding hydrogens is 448 g/mol. The molecule has 1 rings (SSSR count). The van der Waals surface area contributed by atoms with Crippen LogP contribution in [0, 0.1) is 0 Å². The second-order valence-corrected chi connectivity index (χ2v) is 12.2. The van der Waals surface area contributed by atoms with Crippen molar-refractivity contribution in [2.75, 3.05) is 0 Å². The maximum atomic E-state index is 4.95. The first-order valence-electron chi connectivity index (χ1n) is 17.3. The van der Waals surface area contributed by atoms with Crippen molar-refractivity contribution in [3.8, 4) is 0 Å². The van der Waals surface area contributed by atoms with E-state index < -0.39 is 0 Å². The molecule has 0 bridgehead atoms. The summed E-state index contributed by atoms with van der Waals surface area (Å²) in [6.07, 6.45) is 40.8. The molecule has 0 fully saturated rings. The van der Waals surface area contributed by atoms with Crippen LogP contribution in [0.15, 0.2) is 12.4 Å². The van der Waals surface area contributed by atoms with Crippen LogP contribution in [0.3, 0.4) is 0 Å². The van der Waals surface area contributed by atoms with Gasteiger partial charge in [0.1, 0.15) is 5.82 Å². The van der Waals surface area contributed by atoms with E-state index in [4.69, 9.17) is 4.98 Å². The Bertz CT molecular complexity index is 578. The zero-order valence-electron chi connectivity index (χ0n) is 26.1. The zero-order chi connectivity index (χ0) is 26.8. The average molecular weight is 517 g/mol. The van der Waals surface area contributed by atoms with E-state index in [-0.39, 0.29) is 0 Å². The Labute approximate surface area is 234 Å². The summed E-state index contributed by atoms with van der Waals surface area (Å²) in [6, 6.07) is 0.591. The third-order valence-electron chi connectivity index (χ3n) is 8.58. The van der Waals surface area contributed by atoms with Gasteiger partial charge in [-0.1, -0.05) is 168 Å². The number of aromatic nitrogens is 2. The SMILES string of the molecule is CCCCCCCCCCCCCCC(C)n1ccnc1C(CCCCCCC)CCCCCCCC. The van der Waals surface area contributed by atoms with Gasteiger partial charge < -0.3 is 4.57 Å². The molecule has 0 radical (unpaired) electrons. The summed E-state index contributed by atoms with van der Waals surface area (Å²) in [4.78, 5) is 4.95. The Hall–Kier alpha value is -0.790. The topological polar surface area (TPSA) is 17.8 Å². The molecule has 1 aromatic heterocycles. The monoisotopic (exact) mass is 517 g/mol. The van der Waals surface area contributed by atoms with Crippen LogP contribution in [-0.4, -0.2) is 9.55 Å². The lowest BCUT2D eigenvalue weighted by atomic mass is 9.93. The molecule has 2 atom stereocenters. The minimum atomic E-state index is 0.591. The quantitative estimate of drug-likeness (QED) is 0.101. The molecule has 0 aliphatic rings. The van der Waals surface area contributed by atoms with Crippen molar-refractivity contribution in [3.05, 3.63) is 18.2 Å². The maximum Gasteiger partial charge on any atom is 0.111 e. The lowest BCUT2D eigenvalue weighted by molar-refractivity contribution is 0.413. The van der Waals surface area contributed by atoms with Crippen LogP contribution < -0.4 is 0 Å². The third kappa shape index (κ3) is 18.2. The van der Waals surface area contributed by atoms with Gasteiger partial charge in [0.05, 0.1) is 0 Å². The molecule has 0 saturated heterocycles. The normalized spacial score (nSPS) is 13.3. The van der Waals surface area contributed by atoms with Crippen LogP contribution in [-0.2, 0) is 0 Å². The van der Waals surface area contributed by atoms with E-state index in [2.05, 4.69) is 44.7 Å². The molecule has 0 amide bonds. The zero-order valence-corrected chi connectivity index (χ0v) is 26.1. The second kappa shape index (κ2) is 25.5. The molecule has 2 heteroatoms. The van der Waals surface area contributed by atoms with E-state index in [1.165, 1.54) is 173 Å². The third-order valence-corrected chi connectivity index (χ3v) is 8.58. The molecular formula is C35H68N2. The highest BCUT2D eigenvalue weighted by Crippen LogP contribution is 2.30. The summed E-state index contributed by atoms with van der Waals surface area (Å²) >= 11 is 0. The standard InChI is InChI=1S/C35H68N2/c1-5-8-11-14-16-17-18-19-20-21-23-25-28-33(4)37-32-31-36-35(37)34(29-26-22-13-10-7-3)30-27-24-15-12-9-6-2/h31-34H,5-30H2,1-4H3. The summed E-state index contributed by atoms with van der Waals surface area (Å²) in [5.41, 5.74) is 0. The van der Waals surface area contributed by atoms with E-state index in [9.17, 15) is 0 Å². The molecule has 218 valence electrons. The Kier molecular flexibility index (Phi) is 23.6. The molecule has 0 N–H and O–H groups in total. The molecule has 1 heterocycles. The van der Waals surface area contributed by atoms with Crippen molar-refractivity contribution in [2.24, 2.45) is 0 Å². The molecule has 37 heavy (non-hydrogen) atoms. The molecule has 0 spiro atoms. The highest BCUT2D eigenvalue weighted by molar-refractivity contribution is 5.02. The molecule has 0 aromatic carbocycles. The summed E-state index contributed by atoms with van der Waals surface area (Å²) in [6.45, 7) is 9.37. The van der Waals surface area contributed by atoms with Crippen molar-refractivity contribution in [2.45, 2.75) is 207 Å². The van der Waals surface area contributed by atoms with E-state index in [0.29, 0.717) is 12.0 Å². The fourth-order valence-corrected chi connectivity index (χ4v) is 6.00. The first kappa shape index (κ1) is 34.2. The lowest BCUT2D eigenvalue weighted by Gasteiger charge is -2.22. The Morgan fingerprint density at radius 3 is 1.27 bits per heavy atom. The molecule has 0 saturated carbocycles. The van der Waals surface area contributed by atoms with Gasteiger partial charge in [-0.05, 0) is 26.2 Å². The average Bonchev–Trinajstić information content (AvgIpc) is 3.40. The van der Waals surface area contributed by atoms with Crippen molar-refractivity contribution >= 4 is 0 Å². The van der Waals surface area contributed by atoms with Crippen LogP contribution >= 0.6 is 0 Å². The van der Waals surface area contributed by atoms with E-state index in [1.54, 1.807) is 0 Å². The van der Waals surface area contributed by atoms with Crippen LogP contribution in [0.25, 0.3) is 0 Å². The second-order valence-electron chi connectivity index (χ2n) is 12.2. The van der Waals surface area contributed by atoms with Gasteiger partial charge in [0, 0.05) is 24.4 Å². The van der Waals surface area contributed by atoms with Gasteiger partial charge in [-0.3, -0.25) is 0 Å². The summed E-state index contributed by atoms with van der Waals surface area (Å²) in [5.74, 6) is 2.06. The van der Waals surface area contributed by atoms with Crippen LogP contribution in [0.1, 0.15) is 212 Å². The summed E-state index contributed by atoms with van der Waals surface area (Å²) < 4.78 is 2.56. The molecule has 0 aliphatic carbocycles. The predicted molar refractivity (Wildman–Crippen MR) is 167 cm³/mol. The van der Waals surface area contributed by atoms with Crippen LogP contribution in [0.4, 0.5) is 0 Å². The van der Waals surface area contributed by atoms with Crippen LogP contribution in [0.5, 0.6) is 0 Å². The lowest BCUT2D eigenvalue weighted by Crippen LogP contribution is -2.13. The molecule has 2 unspecified atom stereocenters. The highest BCUT2D eigenvalue weighted by atomic mass is 15.1.